The highest BCUT2D eigenvalue weighted by Crippen LogP contribution is 2.14. The molecule has 8 heteroatoms. The van der Waals surface area contributed by atoms with Crippen LogP contribution in [-0.2, 0) is 0 Å². The number of hydrogen-bond donors (Lipinski definition) is 4. The number of carbonyl (C=O) groups is 1. The molecule has 0 fully saturated rings. The monoisotopic (exact) mass is 377 g/mol. The van der Waals surface area contributed by atoms with Crippen molar-refractivity contribution >= 4 is 34.4 Å². The molecule has 0 spiro atoms. The van der Waals surface area contributed by atoms with Gasteiger partial charge in [0.2, 0.25) is 0 Å². The molecule has 0 atom stereocenters. The quantitative estimate of drug-likeness (QED) is 0.293. The summed E-state index contributed by atoms with van der Waals surface area (Å²) in [5, 5.41) is 15.8. The average molecular weight is 377 g/mol. The van der Waals surface area contributed by atoms with E-state index in [-0.39, 0.29) is 30.3 Å². The molecule has 0 radical (unpaired) electrons. The van der Waals surface area contributed by atoms with E-state index in [2.05, 4.69) is 20.4 Å². The number of pyridine rings is 1. The highest BCUT2D eigenvalue weighted by Gasteiger charge is 2.09. The Balaban J connectivity index is 1.82. The van der Waals surface area contributed by atoms with E-state index in [0.717, 1.165) is 10.9 Å². The molecule has 1 aromatic heterocycles. The molecule has 1 amide bonds. The first-order valence-corrected chi connectivity index (χ1v) is 8.56. The number of fused-ring (bicyclic) bond motifs is 1. The minimum atomic E-state index is -0.315. The van der Waals surface area contributed by atoms with E-state index >= 15 is 0 Å². The van der Waals surface area contributed by atoms with Gasteiger partial charge < -0.3 is 21.2 Å². The molecule has 1 heterocycles. The van der Waals surface area contributed by atoms with E-state index in [9.17, 15) is 9.59 Å². The molecule has 0 saturated carbocycles. The molecule has 2 aromatic carbocycles. The number of nitrogens with two attached hydrogens (primary N) is 1. The number of carbonyl (C=O) groups excluding carboxylic acids is 1. The van der Waals surface area contributed by atoms with Gasteiger partial charge in [0, 0.05) is 17.6 Å². The molecular weight excluding hydrogens is 358 g/mol. The van der Waals surface area contributed by atoms with Crippen molar-refractivity contribution in [1.29, 1.82) is 0 Å². The van der Waals surface area contributed by atoms with Crippen molar-refractivity contribution in [3.05, 3.63) is 76.1 Å². The summed E-state index contributed by atoms with van der Waals surface area (Å²) >= 11 is 0. The first-order valence-electron chi connectivity index (χ1n) is 8.56. The Hall–Kier alpha value is -3.78. The molecular formula is C20H19N5O3. The second kappa shape index (κ2) is 8.74. The normalized spacial score (nSPS) is 11.8. The van der Waals surface area contributed by atoms with Gasteiger partial charge in [0.15, 0.2) is 0 Å². The molecule has 8 nitrogen and oxygen atoms in total. The van der Waals surface area contributed by atoms with E-state index in [1.165, 1.54) is 6.21 Å². The largest absolute Gasteiger partial charge is 0.395 e. The van der Waals surface area contributed by atoms with E-state index in [1.807, 2.05) is 24.3 Å². The zero-order valence-corrected chi connectivity index (χ0v) is 14.9. The summed E-state index contributed by atoms with van der Waals surface area (Å²) in [5.74, 6) is 5.18. The van der Waals surface area contributed by atoms with Crippen molar-refractivity contribution in [3.63, 3.8) is 0 Å². The average Bonchev–Trinajstić information content (AvgIpc) is 2.73. The third kappa shape index (κ3) is 4.30. The van der Waals surface area contributed by atoms with Crippen LogP contribution in [-0.4, -0.2) is 41.1 Å². The Bertz CT molecular complexity index is 1100. The van der Waals surface area contributed by atoms with Crippen LogP contribution in [0.2, 0.25) is 0 Å². The van der Waals surface area contributed by atoms with Gasteiger partial charge in [-0.1, -0.05) is 18.2 Å². The number of aliphatic hydroxyl groups is 1. The molecule has 0 saturated heterocycles. The second-order valence-electron chi connectivity index (χ2n) is 5.90. The van der Waals surface area contributed by atoms with Gasteiger partial charge in [-0.15, -0.1) is 0 Å². The summed E-state index contributed by atoms with van der Waals surface area (Å²) in [6.45, 7) is 0.0680. The van der Waals surface area contributed by atoms with Crippen LogP contribution in [0.25, 0.3) is 10.9 Å². The zero-order chi connectivity index (χ0) is 19.9. The lowest BCUT2D eigenvalue weighted by molar-refractivity contribution is 0.0945. The second-order valence-corrected chi connectivity index (χ2v) is 5.90. The summed E-state index contributed by atoms with van der Waals surface area (Å²) in [7, 11) is 0. The van der Waals surface area contributed by atoms with Crippen LogP contribution in [0.1, 0.15) is 15.9 Å². The number of nitrogens with one attached hydrogen (secondary N) is 2. The van der Waals surface area contributed by atoms with E-state index < -0.39 is 0 Å². The Morgan fingerprint density at radius 3 is 2.64 bits per heavy atom. The van der Waals surface area contributed by atoms with Crippen molar-refractivity contribution in [2.45, 2.75) is 0 Å². The van der Waals surface area contributed by atoms with Crippen LogP contribution < -0.4 is 16.7 Å². The van der Waals surface area contributed by atoms with Gasteiger partial charge in [0.1, 0.15) is 5.71 Å². The van der Waals surface area contributed by atoms with E-state index in [0.29, 0.717) is 16.8 Å². The summed E-state index contributed by atoms with van der Waals surface area (Å²) in [4.78, 5) is 31.2. The molecule has 5 N–H and O–H groups in total. The maximum atomic E-state index is 12.3. The lowest BCUT2D eigenvalue weighted by atomic mass is 10.1. The van der Waals surface area contributed by atoms with Crippen molar-refractivity contribution < 1.29 is 9.90 Å². The van der Waals surface area contributed by atoms with Crippen LogP contribution >= 0.6 is 0 Å². The Labute approximate surface area is 160 Å². The summed E-state index contributed by atoms with van der Waals surface area (Å²) in [6, 6.07) is 15.6. The number of amides is 1. The van der Waals surface area contributed by atoms with Crippen LogP contribution in [0.15, 0.2) is 69.5 Å². The number of aromatic amines is 1. The first-order chi connectivity index (χ1) is 13.6. The minimum absolute atomic E-state index is 0.122. The van der Waals surface area contributed by atoms with E-state index in [1.54, 1.807) is 30.3 Å². The van der Waals surface area contributed by atoms with Crippen LogP contribution in [0.3, 0.4) is 0 Å². The Morgan fingerprint density at radius 2 is 1.93 bits per heavy atom. The molecule has 0 aliphatic heterocycles. The first kappa shape index (κ1) is 19.0. The van der Waals surface area contributed by atoms with Crippen LogP contribution in [0.5, 0.6) is 0 Å². The predicted octanol–water partition coefficient (Wildman–Crippen LogP) is 1.32. The van der Waals surface area contributed by atoms with Gasteiger partial charge >= 0.3 is 0 Å². The number of aromatic nitrogens is 1. The number of nitrogens with zero attached hydrogens (tertiary/aromatic N) is 2. The molecule has 0 unspecified atom stereocenters. The number of aliphatic imine (C=N–C) groups is 1. The number of aliphatic hydroxyl groups excluding tert-OH is 1. The molecule has 0 bridgehead atoms. The maximum Gasteiger partial charge on any atom is 0.258 e. The predicted molar refractivity (Wildman–Crippen MR) is 109 cm³/mol. The molecule has 3 rings (SSSR count). The fourth-order valence-corrected chi connectivity index (χ4v) is 2.62. The highest BCUT2D eigenvalue weighted by atomic mass is 16.3. The smallest absolute Gasteiger partial charge is 0.258 e. The summed E-state index contributed by atoms with van der Waals surface area (Å²) < 4.78 is 0. The molecule has 3 aromatic rings. The summed E-state index contributed by atoms with van der Waals surface area (Å²) in [5.41, 5.74) is 1.97. The third-order valence-corrected chi connectivity index (χ3v) is 4.03. The fourth-order valence-electron chi connectivity index (χ4n) is 2.62. The molecule has 0 aliphatic carbocycles. The van der Waals surface area contributed by atoms with Gasteiger partial charge in [-0.2, -0.15) is 5.10 Å². The minimum Gasteiger partial charge on any atom is -0.395 e. The van der Waals surface area contributed by atoms with Gasteiger partial charge in [-0.05, 0) is 41.8 Å². The van der Waals surface area contributed by atoms with Crippen molar-refractivity contribution in [2.24, 2.45) is 15.9 Å². The van der Waals surface area contributed by atoms with Crippen LogP contribution in [0, 0.1) is 0 Å². The molecule has 0 aliphatic rings. The van der Waals surface area contributed by atoms with Gasteiger partial charge in [-0.3, -0.25) is 14.6 Å². The number of para-hydroxylation sites is 1. The highest BCUT2D eigenvalue weighted by molar-refractivity contribution is 6.38. The van der Waals surface area contributed by atoms with Crippen LogP contribution in [0.4, 0.5) is 5.69 Å². The summed E-state index contributed by atoms with van der Waals surface area (Å²) in [6.07, 6.45) is 1.40. The number of rotatable bonds is 6. The number of hydrogen-bond acceptors (Lipinski definition) is 6. The standard InChI is InChI=1S/C20H19N5O3/c21-25-18(16-11-14-3-1-2-4-17(14)24-20(16)28)12-23-15-7-5-13(6-8-15)19(27)22-9-10-26/h1-8,11-12,26H,9-10,21H2,(H,22,27)(H,24,28). The van der Waals surface area contributed by atoms with Gasteiger partial charge in [0.05, 0.1) is 24.1 Å². The number of benzene rings is 2. The van der Waals surface area contributed by atoms with Gasteiger partial charge in [-0.25, -0.2) is 0 Å². The fraction of sp³-hybridized carbons (Fsp3) is 0.100. The van der Waals surface area contributed by atoms with E-state index in [4.69, 9.17) is 10.9 Å². The molecule has 142 valence electrons. The Kier molecular flexibility index (Phi) is 5.93. The number of hydrazone groups is 1. The van der Waals surface area contributed by atoms with Gasteiger partial charge in [0.25, 0.3) is 11.5 Å². The third-order valence-electron chi connectivity index (χ3n) is 4.03. The lowest BCUT2D eigenvalue weighted by Gasteiger charge is -2.04. The lowest BCUT2D eigenvalue weighted by Crippen LogP contribution is -2.26. The topological polar surface area (TPSA) is 133 Å². The maximum absolute atomic E-state index is 12.3. The zero-order valence-electron chi connectivity index (χ0n) is 14.9. The SMILES string of the molecule is NN=C(C=Nc1ccc(C(=O)NCCO)cc1)c1cc2ccccc2[nH]c1=O. The van der Waals surface area contributed by atoms with Crippen molar-refractivity contribution in [1.82, 2.24) is 10.3 Å². The Morgan fingerprint density at radius 1 is 1.18 bits per heavy atom. The molecule has 28 heavy (non-hydrogen) atoms. The van der Waals surface area contributed by atoms with Crippen molar-refractivity contribution in [2.75, 3.05) is 13.2 Å². The number of H-pyrrole nitrogens is 1. The van der Waals surface area contributed by atoms with Crippen molar-refractivity contribution in [3.8, 4) is 0 Å².